The van der Waals surface area contributed by atoms with E-state index in [1.807, 2.05) is 5.01 Å². The van der Waals surface area contributed by atoms with Crippen molar-refractivity contribution in [2.24, 2.45) is 5.10 Å². The standard InChI is InChI=1S/C20H23BrF2N4/c1-3-25(4-2)11-12-26-14-27(19-10-9-15(21)13-18(19)23)20(24-26)16-7-5-6-8-17(16)22/h5-10,13H,3-4,11-12,14H2,1-2H3. The van der Waals surface area contributed by atoms with Gasteiger partial charge in [-0.25, -0.2) is 8.78 Å². The number of amidine groups is 1. The lowest BCUT2D eigenvalue weighted by atomic mass is 10.1. The van der Waals surface area contributed by atoms with E-state index in [-0.39, 0.29) is 11.6 Å². The number of hydrogen-bond donors (Lipinski definition) is 0. The Bertz CT molecular complexity index is 823. The van der Waals surface area contributed by atoms with E-state index in [1.54, 1.807) is 35.2 Å². The van der Waals surface area contributed by atoms with Crippen molar-refractivity contribution in [2.45, 2.75) is 13.8 Å². The summed E-state index contributed by atoms with van der Waals surface area (Å²) in [5, 5.41) is 6.47. The molecule has 7 heteroatoms. The predicted molar refractivity (Wildman–Crippen MR) is 109 cm³/mol. The van der Waals surface area contributed by atoms with Crippen molar-refractivity contribution in [1.82, 2.24) is 9.91 Å². The maximum absolute atomic E-state index is 14.6. The van der Waals surface area contributed by atoms with E-state index in [2.05, 4.69) is 39.8 Å². The number of halogens is 3. The van der Waals surface area contributed by atoms with Gasteiger partial charge in [0, 0.05) is 11.0 Å². The Balaban J connectivity index is 1.92. The monoisotopic (exact) mass is 436 g/mol. The Morgan fingerprint density at radius 2 is 1.81 bits per heavy atom. The lowest BCUT2D eigenvalue weighted by Gasteiger charge is -2.24. The molecule has 2 aromatic carbocycles. The van der Waals surface area contributed by atoms with Crippen LogP contribution < -0.4 is 4.90 Å². The molecule has 0 atom stereocenters. The van der Waals surface area contributed by atoms with Crippen molar-refractivity contribution in [3.8, 4) is 0 Å². The van der Waals surface area contributed by atoms with Gasteiger partial charge < -0.3 is 9.80 Å². The third kappa shape index (κ3) is 4.47. The van der Waals surface area contributed by atoms with Gasteiger partial charge in [0.05, 0.1) is 17.8 Å². The van der Waals surface area contributed by atoms with Gasteiger partial charge in [0.15, 0.2) is 5.84 Å². The van der Waals surface area contributed by atoms with Gasteiger partial charge >= 0.3 is 0 Å². The molecule has 0 saturated carbocycles. The topological polar surface area (TPSA) is 22.1 Å². The van der Waals surface area contributed by atoms with Crippen LogP contribution in [0.25, 0.3) is 0 Å². The second-order valence-electron chi connectivity index (χ2n) is 6.33. The Labute approximate surface area is 167 Å². The van der Waals surface area contributed by atoms with Crippen LogP contribution in [0, 0.1) is 11.6 Å². The molecular weight excluding hydrogens is 414 g/mol. The van der Waals surface area contributed by atoms with Gasteiger partial charge in [-0.3, -0.25) is 5.01 Å². The molecular formula is C20H23BrF2N4. The molecule has 0 fully saturated rings. The summed E-state index contributed by atoms with van der Waals surface area (Å²) in [6, 6.07) is 11.3. The van der Waals surface area contributed by atoms with Gasteiger partial charge in [-0.1, -0.05) is 41.9 Å². The quantitative estimate of drug-likeness (QED) is 0.637. The first-order valence-electron chi connectivity index (χ1n) is 9.06. The number of hydrogen-bond acceptors (Lipinski definition) is 4. The van der Waals surface area contributed by atoms with E-state index in [4.69, 9.17) is 0 Å². The average molecular weight is 437 g/mol. The van der Waals surface area contributed by atoms with Gasteiger partial charge in [0.25, 0.3) is 0 Å². The summed E-state index contributed by atoms with van der Waals surface area (Å²) in [5.41, 5.74) is 0.746. The zero-order valence-corrected chi connectivity index (χ0v) is 17.1. The van der Waals surface area contributed by atoms with E-state index in [9.17, 15) is 8.78 Å². The van der Waals surface area contributed by atoms with Crippen LogP contribution in [0.2, 0.25) is 0 Å². The number of hydrazone groups is 1. The summed E-state index contributed by atoms with van der Waals surface area (Å²) >= 11 is 3.28. The third-order valence-electron chi connectivity index (χ3n) is 4.68. The number of benzene rings is 2. The second-order valence-corrected chi connectivity index (χ2v) is 7.24. The minimum Gasteiger partial charge on any atom is -0.302 e. The van der Waals surface area contributed by atoms with Crippen LogP contribution in [0.15, 0.2) is 52.0 Å². The van der Waals surface area contributed by atoms with Crippen LogP contribution >= 0.6 is 15.9 Å². The number of likely N-dealkylation sites (N-methyl/N-ethyl adjacent to an activating group) is 1. The van der Waals surface area contributed by atoms with Crippen molar-refractivity contribution in [3.63, 3.8) is 0 Å². The van der Waals surface area contributed by atoms with E-state index < -0.39 is 0 Å². The minimum atomic E-state index is -0.376. The molecule has 27 heavy (non-hydrogen) atoms. The third-order valence-corrected chi connectivity index (χ3v) is 5.17. The summed E-state index contributed by atoms with van der Waals surface area (Å²) in [6.45, 7) is 8.06. The minimum absolute atomic E-state index is 0.366. The highest BCUT2D eigenvalue weighted by Crippen LogP contribution is 2.28. The maximum atomic E-state index is 14.6. The van der Waals surface area contributed by atoms with Gasteiger partial charge in [-0.15, -0.1) is 0 Å². The molecule has 0 amide bonds. The fourth-order valence-electron chi connectivity index (χ4n) is 3.10. The molecule has 1 heterocycles. The molecule has 3 rings (SSSR count). The van der Waals surface area contributed by atoms with Crippen LogP contribution in [0.3, 0.4) is 0 Å². The Morgan fingerprint density at radius 1 is 1.07 bits per heavy atom. The Kier molecular flexibility index (Phi) is 6.44. The molecule has 0 N–H and O–H groups in total. The molecule has 0 saturated heterocycles. The average Bonchev–Trinajstić information content (AvgIpc) is 3.06. The van der Waals surface area contributed by atoms with E-state index >= 15 is 0 Å². The van der Waals surface area contributed by atoms with E-state index in [1.165, 1.54) is 12.1 Å². The van der Waals surface area contributed by atoms with Gasteiger partial charge in [0.1, 0.15) is 18.3 Å². The molecule has 2 aromatic rings. The van der Waals surface area contributed by atoms with Crippen molar-refractivity contribution in [3.05, 3.63) is 64.1 Å². The van der Waals surface area contributed by atoms with Crippen molar-refractivity contribution >= 4 is 27.5 Å². The fraction of sp³-hybridized carbons (Fsp3) is 0.350. The summed E-state index contributed by atoms with van der Waals surface area (Å²) in [5.74, 6) is -0.322. The molecule has 1 aliphatic rings. The molecule has 0 bridgehead atoms. The molecule has 1 aliphatic heterocycles. The van der Waals surface area contributed by atoms with E-state index in [0.29, 0.717) is 34.8 Å². The summed E-state index contributed by atoms with van der Waals surface area (Å²) in [7, 11) is 0. The number of anilines is 1. The molecule has 0 aromatic heterocycles. The van der Waals surface area contributed by atoms with Crippen LogP contribution in [0.5, 0.6) is 0 Å². The first-order chi connectivity index (χ1) is 13.0. The first kappa shape index (κ1) is 19.8. The number of rotatable bonds is 7. The molecule has 144 valence electrons. The van der Waals surface area contributed by atoms with Gasteiger partial charge in [-0.2, -0.15) is 5.10 Å². The van der Waals surface area contributed by atoms with Crippen molar-refractivity contribution < 1.29 is 8.78 Å². The lowest BCUT2D eigenvalue weighted by Crippen LogP contribution is -2.36. The molecule has 0 unspecified atom stereocenters. The highest BCUT2D eigenvalue weighted by molar-refractivity contribution is 9.10. The highest BCUT2D eigenvalue weighted by Gasteiger charge is 2.29. The van der Waals surface area contributed by atoms with Crippen molar-refractivity contribution in [2.75, 3.05) is 37.7 Å². The van der Waals surface area contributed by atoms with Crippen LogP contribution in [-0.2, 0) is 0 Å². The smallest absolute Gasteiger partial charge is 0.165 e. The Morgan fingerprint density at radius 3 is 2.48 bits per heavy atom. The SMILES string of the molecule is CCN(CC)CCN1CN(c2ccc(Br)cc2F)C(c2ccccc2F)=N1. The van der Waals surface area contributed by atoms with Crippen LogP contribution in [0.4, 0.5) is 14.5 Å². The summed E-state index contributed by atoms with van der Waals surface area (Å²) < 4.78 is 29.7. The molecule has 4 nitrogen and oxygen atoms in total. The molecule has 0 radical (unpaired) electrons. The normalized spacial score (nSPS) is 14.2. The van der Waals surface area contributed by atoms with Crippen molar-refractivity contribution in [1.29, 1.82) is 0 Å². The maximum Gasteiger partial charge on any atom is 0.165 e. The molecule has 0 aliphatic carbocycles. The highest BCUT2D eigenvalue weighted by atomic mass is 79.9. The van der Waals surface area contributed by atoms with Gasteiger partial charge in [-0.05, 0) is 43.4 Å². The van der Waals surface area contributed by atoms with Crippen LogP contribution in [-0.4, -0.2) is 48.6 Å². The summed E-state index contributed by atoms with van der Waals surface area (Å²) in [4.78, 5) is 4.02. The largest absolute Gasteiger partial charge is 0.302 e. The Hall–Kier alpha value is -1.99. The predicted octanol–water partition coefficient (Wildman–Crippen LogP) is 4.51. The van der Waals surface area contributed by atoms with E-state index in [0.717, 1.165) is 19.6 Å². The zero-order chi connectivity index (χ0) is 19.4. The fourth-order valence-corrected chi connectivity index (χ4v) is 3.43. The summed E-state index contributed by atoms with van der Waals surface area (Å²) in [6.07, 6.45) is 0. The van der Waals surface area contributed by atoms with Crippen LogP contribution in [0.1, 0.15) is 19.4 Å². The van der Waals surface area contributed by atoms with Gasteiger partial charge in [0.2, 0.25) is 0 Å². The second kappa shape index (κ2) is 8.80. The molecule has 0 spiro atoms. The first-order valence-corrected chi connectivity index (χ1v) is 9.86. The zero-order valence-electron chi connectivity index (χ0n) is 15.5. The lowest BCUT2D eigenvalue weighted by molar-refractivity contribution is 0.233. The number of nitrogens with zero attached hydrogens (tertiary/aromatic N) is 4.